The van der Waals surface area contributed by atoms with Crippen LogP contribution in [0, 0.1) is 0 Å². The van der Waals surface area contributed by atoms with Crippen molar-refractivity contribution in [1.29, 1.82) is 0 Å². The van der Waals surface area contributed by atoms with Crippen molar-refractivity contribution in [3.05, 3.63) is 42.5 Å². The molecule has 1 aliphatic rings. The van der Waals surface area contributed by atoms with Crippen LogP contribution < -0.4 is 19.7 Å². The van der Waals surface area contributed by atoms with Crippen LogP contribution >= 0.6 is 11.8 Å². The number of carbonyl (C=O) groups excluding carboxylic acids is 1. The van der Waals surface area contributed by atoms with Gasteiger partial charge in [0, 0.05) is 37.1 Å². The van der Waals surface area contributed by atoms with Crippen molar-refractivity contribution in [2.75, 3.05) is 44.3 Å². The molecular weight excluding hydrogens is 462 g/mol. The molecule has 8 nitrogen and oxygen atoms in total. The van der Waals surface area contributed by atoms with Crippen molar-refractivity contribution in [2.24, 2.45) is 0 Å². The van der Waals surface area contributed by atoms with Crippen LogP contribution in [0.4, 0.5) is 11.4 Å². The minimum Gasteiger partial charge on any atom is -0.493 e. The van der Waals surface area contributed by atoms with E-state index in [9.17, 15) is 4.79 Å². The van der Waals surface area contributed by atoms with Gasteiger partial charge in [-0.2, -0.15) is 0 Å². The number of rotatable bonds is 9. The largest absolute Gasteiger partial charge is 0.493 e. The maximum Gasteiger partial charge on any atom is 0.234 e. The zero-order valence-electron chi connectivity index (χ0n) is 20.8. The second kappa shape index (κ2) is 11.5. The minimum atomic E-state index is -0.0709. The number of methoxy groups -OCH3 is 2. The number of amides is 1. The van der Waals surface area contributed by atoms with Gasteiger partial charge in [0.1, 0.15) is 0 Å². The summed E-state index contributed by atoms with van der Waals surface area (Å²) in [5.41, 5.74) is 2.78. The Morgan fingerprint density at radius 1 is 1.03 bits per heavy atom. The molecular formula is C26H33N5O3S. The number of anilines is 2. The monoisotopic (exact) mass is 495 g/mol. The highest BCUT2D eigenvalue weighted by Crippen LogP contribution is 2.38. The summed E-state index contributed by atoms with van der Waals surface area (Å²) in [6.45, 7) is 0. The van der Waals surface area contributed by atoms with E-state index in [4.69, 9.17) is 9.47 Å². The van der Waals surface area contributed by atoms with E-state index in [0.29, 0.717) is 17.5 Å². The van der Waals surface area contributed by atoms with Crippen LogP contribution in [0.25, 0.3) is 11.4 Å². The number of nitrogens with one attached hydrogen (secondary N) is 1. The van der Waals surface area contributed by atoms with Gasteiger partial charge in [0.15, 0.2) is 22.5 Å². The number of ether oxygens (including phenoxy) is 2. The first-order valence-corrected chi connectivity index (χ1v) is 12.9. The van der Waals surface area contributed by atoms with Gasteiger partial charge in [-0.15, -0.1) is 10.2 Å². The number of hydrogen-bond acceptors (Lipinski definition) is 7. The van der Waals surface area contributed by atoms with E-state index in [1.807, 2.05) is 61.5 Å². The predicted molar refractivity (Wildman–Crippen MR) is 141 cm³/mol. The SMILES string of the molecule is COc1ccc(-c2nnc(SCC(=O)Nc3ccc(N(C)C)cc3)n2C2CCCCC2)cc1OC. The zero-order valence-corrected chi connectivity index (χ0v) is 21.6. The van der Waals surface area contributed by atoms with Crippen LogP contribution in [0.2, 0.25) is 0 Å². The zero-order chi connectivity index (χ0) is 24.8. The maximum absolute atomic E-state index is 12.7. The van der Waals surface area contributed by atoms with Gasteiger partial charge in [-0.3, -0.25) is 9.36 Å². The second-order valence-electron chi connectivity index (χ2n) is 8.82. The van der Waals surface area contributed by atoms with E-state index < -0.39 is 0 Å². The third-order valence-electron chi connectivity index (χ3n) is 6.25. The molecule has 3 aromatic rings. The summed E-state index contributed by atoms with van der Waals surface area (Å²) in [5.74, 6) is 2.30. The number of nitrogens with zero attached hydrogens (tertiary/aromatic N) is 4. The number of carbonyl (C=O) groups is 1. The normalized spacial score (nSPS) is 13.9. The fourth-order valence-corrected chi connectivity index (χ4v) is 5.19. The summed E-state index contributed by atoms with van der Waals surface area (Å²) in [6, 6.07) is 13.9. The topological polar surface area (TPSA) is 81.5 Å². The fraction of sp³-hybridized carbons (Fsp3) is 0.423. The Kier molecular flexibility index (Phi) is 8.17. The van der Waals surface area contributed by atoms with Crippen molar-refractivity contribution < 1.29 is 14.3 Å². The molecule has 1 heterocycles. The van der Waals surface area contributed by atoms with Crippen LogP contribution in [0.1, 0.15) is 38.1 Å². The number of thioether (sulfide) groups is 1. The molecule has 1 amide bonds. The highest BCUT2D eigenvalue weighted by Gasteiger charge is 2.25. The average Bonchev–Trinajstić information content (AvgIpc) is 3.32. The number of benzene rings is 2. The van der Waals surface area contributed by atoms with E-state index in [-0.39, 0.29) is 11.7 Å². The number of aromatic nitrogens is 3. The Morgan fingerprint density at radius 2 is 1.74 bits per heavy atom. The minimum absolute atomic E-state index is 0.0709. The molecule has 35 heavy (non-hydrogen) atoms. The highest BCUT2D eigenvalue weighted by atomic mass is 32.2. The van der Waals surface area contributed by atoms with Gasteiger partial charge in [-0.25, -0.2) is 0 Å². The van der Waals surface area contributed by atoms with Crippen molar-refractivity contribution in [2.45, 2.75) is 43.3 Å². The van der Waals surface area contributed by atoms with Crippen LogP contribution in [0.3, 0.4) is 0 Å². The van der Waals surface area contributed by atoms with Gasteiger partial charge in [0.2, 0.25) is 5.91 Å². The molecule has 1 N–H and O–H groups in total. The van der Waals surface area contributed by atoms with Crippen molar-refractivity contribution in [1.82, 2.24) is 14.8 Å². The van der Waals surface area contributed by atoms with E-state index in [0.717, 1.165) is 40.8 Å². The Morgan fingerprint density at radius 3 is 2.40 bits per heavy atom. The summed E-state index contributed by atoms with van der Waals surface area (Å²) < 4.78 is 13.1. The summed E-state index contributed by atoms with van der Waals surface area (Å²) in [4.78, 5) is 14.7. The lowest BCUT2D eigenvalue weighted by molar-refractivity contribution is -0.113. The molecule has 2 aromatic carbocycles. The Bertz CT molecular complexity index is 1140. The number of hydrogen-bond donors (Lipinski definition) is 1. The molecule has 9 heteroatoms. The summed E-state index contributed by atoms with van der Waals surface area (Å²) in [7, 11) is 7.23. The summed E-state index contributed by atoms with van der Waals surface area (Å²) in [5, 5.41) is 12.8. The first kappa shape index (κ1) is 24.9. The van der Waals surface area contributed by atoms with Gasteiger partial charge in [-0.1, -0.05) is 31.0 Å². The van der Waals surface area contributed by atoms with Crippen LogP contribution in [0.15, 0.2) is 47.6 Å². The van der Waals surface area contributed by atoms with Crippen LogP contribution in [-0.2, 0) is 4.79 Å². The maximum atomic E-state index is 12.7. The Labute approximate surface area is 211 Å². The molecule has 1 fully saturated rings. The fourth-order valence-electron chi connectivity index (χ4n) is 4.39. The molecule has 1 aliphatic carbocycles. The van der Waals surface area contributed by atoms with E-state index >= 15 is 0 Å². The first-order valence-electron chi connectivity index (χ1n) is 11.9. The van der Waals surface area contributed by atoms with Crippen molar-refractivity contribution in [3.63, 3.8) is 0 Å². The van der Waals surface area contributed by atoms with E-state index in [1.54, 1.807) is 14.2 Å². The lowest BCUT2D eigenvalue weighted by Crippen LogP contribution is -2.17. The molecule has 0 saturated heterocycles. The average molecular weight is 496 g/mol. The standard InChI is InChI=1S/C26H33N5O3S/c1-30(2)20-13-11-19(12-14-20)27-24(32)17-35-26-29-28-25(31(26)21-8-6-5-7-9-21)18-10-15-22(33-3)23(16-18)34-4/h10-16,21H,5-9,17H2,1-4H3,(H,27,32). The van der Waals surface area contributed by atoms with Gasteiger partial charge < -0.3 is 19.7 Å². The van der Waals surface area contributed by atoms with E-state index in [2.05, 4.69) is 20.1 Å². The van der Waals surface area contributed by atoms with Crippen molar-refractivity contribution in [3.8, 4) is 22.9 Å². The molecule has 0 spiro atoms. The lowest BCUT2D eigenvalue weighted by atomic mass is 9.95. The predicted octanol–water partition coefficient (Wildman–Crippen LogP) is 5.26. The molecule has 1 saturated carbocycles. The molecule has 0 bridgehead atoms. The quantitative estimate of drug-likeness (QED) is 0.405. The molecule has 0 atom stereocenters. The summed E-state index contributed by atoms with van der Waals surface area (Å²) in [6.07, 6.45) is 5.78. The third-order valence-corrected chi connectivity index (χ3v) is 7.19. The third kappa shape index (κ3) is 5.90. The van der Waals surface area contributed by atoms with Crippen molar-refractivity contribution >= 4 is 29.0 Å². The molecule has 4 rings (SSSR count). The molecule has 0 radical (unpaired) electrons. The van der Waals surface area contributed by atoms with Crippen LogP contribution in [0.5, 0.6) is 11.5 Å². The van der Waals surface area contributed by atoms with Gasteiger partial charge in [-0.05, 0) is 55.3 Å². The van der Waals surface area contributed by atoms with Gasteiger partial charge in [0.05, 0.1) is 20.0 Å². The molecule has 0 unspecified atom stereocenters. The second-order valence-corrected chi connectivity index (χ2v) is 9.76. The molecule has 0 aliphatic heterocycles. The van der Waals surface area contributed by atoms with Gasteiger partial charge in [0.25, 0.3) is 0 Å². The van der Waals surface area contributed by atoms with Gasteiger partial charge >= 0.3 is 0 Å². The lowest BCUT2D eigenvalue weighted by Gasteiger charge is -2.25. The van der Waals surface area contributed by atoms with Crippen LogP contribution in [-0.4, -0.2) is 54.7 Å². The smallest absolute Gasteiger partial charge is 0.234 e. The Balaban J connectivity index is 1.53. The molecule has 186 valence electrons. The van der Waals surface area contributed by atoms with E-state index in [1.165, 1.54) is 31.0 Å². The summed E-state index contributed by atoms with van der Waals surface area (Å²) >= 11 is 1.42. The first-order chi connectivity index (χ1) is 17.0. The highest BCUT2D eigenvalue weighted by molar-refractivity contribution is 7.99. The molecule has 1 aromatic heterocycles. The Hall–Kier alpha value is -3.20.